The Morgan fingerprint density at radius 1 is 0.882 bits per heavy atom. The molecule has 0 saturated heterocycles. The van der Waals surface area contributed by atoms with E-state index in [9.17, 15) is 17.7 Å². The van der Waals surface area contributed by atoms with Crippen molar-refractivity contribution in [2.45, 2.75) is 19.0 Å². The summed E-state index contributed by atoms with van der Waals surface area (Å²) in [4.78, 5) is 14.9. The van der Waals surface area contributed by atoms with Crippen LogP contribution in [0.4, 0.5) is 12.9 Å². The number of hydrogen-bond acceptors (Lipinski definition) is 4. The lowest BCUT2D eigenvalue weighted by Gasteiger charge is -2.29. The van der Waals surface area contributed by atoms with Gasteiger partial charge >= 0.3 is 7.54 Å². The van der Waals surface area contributed by atoms with Crippen LogP contribution in [0.25, 0.3) is 0 Å². The highest BCUT2D eigenvalue weighted by molar-refractivity contribution is 6.33. The standard InChI is InChI=1S/C25H25N3O.BF3.FH/c1-27-24(21-13-7-3-8-14-21)26-28(25(27)22-15-9-4-10-16-22)19-23(29)18-17-20-11-5-2-6-12-20;2-1(3)4;/h2-16,25H,17-19H2,1H3;;1H/p-1. The van der Waals surface area contributed by atoms with E-state index in [2.05, 4.69) is 41.3 Å². The molecule has 0 N–H and O–H groups in total. The molecule has 3 aromatic rings. The van der Waals surface area contributed by atoms with Gasteiger partial charge in [-0.15, -0.1) is 0 Å². The van der Waals surface area contributed by atoms with Crippen LogP contribution in [0.3, 0.4) is 0 Å². The number of carbonyl (C=O) groups is 1. The summed E-state index contributed by atoms with van der Waals surface area (Å²) < 4.78 is 29.0. The Morgan fingerprint density at radius 2 is 1.38 bits per heavy atom. The molecule has 0 saturated carbocycles. The van der Waals surface area contributed by atoms with Crippen molar-refractivity contribution in [3.8, 4) is 0 Å². The van der Waals surface area contributed by atoms with Crippen LogP contribution in [0, 0.1) is 0 Å². The Balaban J connectivity index is 0.000000758. The molecule has 1 atom stereocenters. The Labute approximate surface area is 197 Å². The smallest absolute Gasteiger partial charge is 0.762 e. The van der Waals surface area contributed by atoms with Gasteiger partial charge in [-0.2, -0.15) is 5.10 Å². The van der Waals surface area contributed by atoms with Crippen LogP contribution in [0.1, 0.15) is 29.3 Å². The molecule has 178 valence electrons. The van der Waals surface area contributed by atoms with E-state index in [4.69, 9.17) is 5.10 Å². The first-order valence-corrected chi connectivity index (χ1v) is 10.6. The molecule has 9 heteroatoms. The first-order chi connectivity index (χ1) is 16.0. The maximum atomic E-state index is 12.8. The van der Waals surface area contributed by atoms with Crippen molar-refractivity contribution in [3.63, 3.8) is 0 Å². The van der Waals surface area contributed by atoms with Crippen LogP contribution in [0.5, 0.6) is 0 Å². The number of carbonyl (C=O) groups excluding carboxylic acids is 1. The highest BCUT2D eigenvalue weighted by atomic mass is 19.4. The molecule has 1 unspecified atom stereocenters. The van der Waals surface area contributed by atoms with Gasteiger partial charge in [0.1, 0.15) is 6.17 Å². The van der Waals surface area contributed by atoms with Crippen LogP contribution < -0.4 is 4.70 Å². The Morgan fingerprint density at radius 3 is 1.94 bits per heavy atom. The van der Waals surface area contributed by atoms with Gasteiger partial charge in [0.25, 0.3) is 0 Å². The number of halogens is 4. The van der Waals surface area contributed by atoms with E-state index in [0.717, 1.165) is 23.4 Å². The lowest BCUT2D eigenvalue weighted by molar-refractivity contribution is -0.121. The summed E-state index contributed by atoms with van der Waals surface area (Å²) in [6.45, 7) is 0.299. The van der Waals surface area contributed by atoms with E-state index in [-0.39, 0.29) is 16.7 Å². The molecule has 1 heterocycles. The van der Waals surface area contributed by atoms with Gasteiger partial charge in [-0.3, -0.25) is 22.8 Å². The average molecular weight is 470 g/mol. The second kappa shape index (κ2) is 13.2. The van der Waals surface area contributed by atoms with Gasteiger partial charge in [-0.1, -0.05) is 91.0 Å². The third-order valence-corrected chi connectivity index (χ3v) is 5.21. The number of Topliss-reactive ketones (excluding diaryl/α,β-unsaturated/α-hetero) is 1. The van der Waals surface area contributed by atoms with Crippen LogP contribution in [-0.2, 0) is 11.2 Å². The lowest BCUT2D eigenvalue weighted by Crippen LogP contribution is -3.00. The quantitative estimate of drug-likeness (QED) is 0.393. The number of hydrazone groups is 1. The number of nitrogens with zero attached hydrogens (tertiary/aromatic N) is 3. The maximum absolute atomic E-state index is 12.8. The fourth-order valence-corrected chi connectivity index (χ4v) is 3.74. The Hall–Kier alpha value is -3.62. The zero-order chi connectivity index (χ0) is 23.6. The second-order valence-electron chi connectivity index (χ2n) is 7.55. The number of hydrogen-bond donors (Lipinski definition) is 0. The molecule has 1 aliphatic heterocycles. The Bertz CT molecular complexity index is 1040. The van der Waals surface area contributed by atoms with Crippen molar-refractivity contribution in [1.29, 1.82) is 0 Å². The molecule has 0 radical (unpaired) electrons. The van der Waals surface area contributed by atoms with Crippen molar-refractivity contribution in [3.05, 3.63) is 108 Å². The van der Waals surface area contributed by atoms with E-state index in [1.165, 1.54) is 5.56 Å². The molecule has 3 aromatic carbocycles. The summed E-state index contributed by atoms with van der Waals surface area (Å²) in [5, 5.41) is 6.77. The predicted molar refractivity (Wildman–Crippen MR) is 125 cm³/mol. The molecule has 34 heavy (non-hydrogen) atoms. The average Bonchev–Trinajstić information content (AvgIpc) is 3.14. The molecule has 4 rings (SSSR count). The first-order valence-electron chi connectivity index (χ1n) is 10.6. The lowest BCUT2D eigenvalue weighted by atomic mass is 10.1. The van der Waals surface area contributed by atoms with E-state index in [1.54, 1.807) is 0 Å². The molecular formula is C25H25BF4N3O-. The molecule has 0 bridgehead atoms. The van der Waals surface area contributed by atoms with Gasteiger partial charge < -0.3 is 9.60 Å². The summed E-state index contributed by atoms with van der Waals surface area (Å²) in [6, 6.07) is 30.5. The highest BCUT2D eigenvalue weighted by Crippen LogP contribution is 2.31. The van der Waals surface area contributed by atoms with Gasteiger partial charge in [-0.05, 0) is 17.5 Å². The third kappa shape index (κ3) is 7.47. The number of benzene rings is 3. The van der Waals surface area contributed by atoms with E-state index < -0.39 is 7.54 Å². The number of aryl methyl sites for hydroxylation is 1. The van der Waals surface area contributed by atoms with Gasteiger partial charge in [0, 0.05) is 19.0 Å². The zero-order valence-corrected chi connectivity index (χ0v) is 18.7. The van der Waals surface area contributed by atoms with Gasteiger partial charge in [-0.25, -0.2) is 0 Å². The van der Waals surface area contributed by atoms with E-state index in [0.29, 0.717) is 13.0 Å². The van der Waals surface area contributed by atoms with Crippen LogP contribution >= 0.6 is 0 Å². The summed E-state index contributed by atoms with van der Waals surface area (Å²) in [5.74, 6) is 1.08. The van der Waals surface area contributed by atoms with Crippen molar-refractivity contribution in [2.24, 2.45) is 5.10 Å². The third-order valence-electron chi connectivity index (χ3n) is 5.21. The fraction of sp³-hybridized carbons (Fsp3) is 0.200. The van der Waals surface area contributed by atoms with Gasteiger partial charge in [0.05, 0.1) is 6.54 Å². The first kappa shape index (κ1) is 26.6. The number of amidine groups is 1. The van der Waals surface area contributed by atoms with Crippen molar-refractivity contribution in [1.82, 2.24) is 9.91 Å². The van der Waals surface area contributed by atoms with Gasteiger partial charge in [0.15, 0.2) is 11.6 Å². The summed E-state index contributed by atoms with van der Waals surface area (Å²) >= 11 is 0. The summed E-state index contributed by atoms with van der Waals surface area (Å²) in [6.07, 6.45) is 1.18. The monoisotopic (exact) mass is 470 g/mol. The van der Waals surface area contributed by atoms with Crippen molar-refractivity contribution in [2.75, 3.05) is 13.6 Å². The zero-order valence-electron chi connectivity index (χ0n) is 18.7. The predicted octanol–water partition coefficient (Wildman–Crippen LogP) is 2.38. The van der Waals surface area contributed by atoms with E-state index >= 15 is 0 Å². The highest BCUT2D eigenvalue weighted by Gasteiger charge is 2.34. The van der Waals surface area contributed by atoms with Gasteiger partial charge in [0.2, 0.25) is 0 Å². The minimum Gasteiger partial charge on any atom is -1.00 e. The fourth-order valence-electron chi connectivity index (χ4n) is 3.74. The molecule has 0 aliphatic carbocycles. The number of ketones is 1. The molecule has 1 aliphatic rings. The topological polar surface area (TPSA) is 35.9 Å². The van der Waals surface area contributed by atoms with E-state index in [1.807, 2.05) is 66.7 Å². The molecule has 0 aromatic heterocycles. The molecular weight excluding hydrogens is 445 g/mol. The normalized spacial score (nSPS) is 14.5. The Kier molecular flexibility index (Phi) is 10.3. The van der Waals surface area contributed by atoms with Crippen LogP contribution in [-0.4, -0.2) is 42.7 Å². The summed E-state index contributed by atoms with van der Waals surface area (Å²) in [7, 11) is -1.63. The minimum absolute atomic E-state index is 0. The molecule has 4 nitrogen and oxygen atoms in total. The molecule has 0 spiro atoms. The maximum Gasteiger partial charge on any atom is 0.762 e. The van der Waals surface area contributed by atoms with Crippen LogP contribution in [0.2, 0.25) is 0 Å². The second-order valence-corrected chi connectivity index (χ2v) is 7.55. The molecule has 0 fully saturated rings. The van der Waals surface area contributed by atoms with Crippen molar-refractivity contribution < 1.29 is 22.4 Å². The minimum atomic E-state index is -3.67. The largest absolute Gasteiger partial charge is 1.00 e. The van der Waals surface area contributed by atoms with Crippen molar-refractivity contribution >= 4 is 19.2 Å². The number of rotatable bonds is 7. The summed E-state index contributed by atoms with van der Waals surface area (Å²) in [5.41, 5.74) is 3.36. The SMILES string of the molecule is CN1C(c2ccccc2)=NN(CC(=O)CCc2ccccc2)C1c1ccccc1.FB(F)F.[F-]. The molecule has 0 amide bonds. The van der Waals surface area contributed by atoms with Crippen LogP contribution in [0.15, 0.2) is 96.1 Å².